The van der Waals surface area contributed by atoms with Crippen molar-refractivity contribution in [1.82, 2.24) is 0 Å². The fourth-order valence-corrected chi connectivity index (χ4v) is 2.03. The zero-order valence-corrected chi connectivity index (χ0v) is 14.0. The van der Waals surface area contributed by atoms with Gasteiger partial charge in [0.25, 0.3) is 11.6 Å². The highest BCUT2D eigenvalue weighted by molar-refractivity contribution is 5.96. The van der Waals surface area contributed by atoms with E-state index in [-0.39, 0.29) is 28.4 Å². The Labute approximate surface area is 148 Å². The van der Waals surface area contributed by atoms with Gasteiger partial charge in [-0.05, 0) is 30.7 Å². The van der Waals surface area contributed by atoms with E-state index in [2.05, 4.69) is 5.32 Å². The van der Waals surface area contributed by atoms with E-state index >= 15 is 0 Å². The molecule has 0 unspecified atom stereocenters. The van der Waals surface area contributed by atoms with Crippen molar-refractivity contribution < 1.29 is 29.1 Å². The van der Waals surface area contributed by atoms with Gasteiger partial charge in [-0.2, -0.15) is 0 Å². The minimum absolute atomic E-state index is 0.0560. The fourth-order valence-electron chi connectivity index (χ4n) is 2.03. The number of nitro benzene ring substituents is 1. The van der Waals surface area contributed by atoms with E-state index in [0.29, 0.717) is 5.56 Å². The van der Waals surface area contributed by atoms with Crippen LogP contribution in [0.25, 0.3) is 0 Å². The predicted octanol–water partition coefficient (Wildman–Crippen LogP) is 2.41. The minimum atomic E-state index is -0.772. The number of carbonyl (C=O) groups excluding carboxylic acids is 2. The summed E-state index contributed by atoms with van der Waals surface area (Å²) in [6.07, 6.45) is 0. The number of non-ortho nitro benzene ring substituents is 1. The number of nitrogens with one attached hydrogen (secondary N) is 1. The maximum atomic E-state index is 11.9. The monoisotopic (exact) mass is 360 g/mol. The van der Waals surface area contributed by atoms with E-state index in [9.17, 15) is 24.8 Å². The van der Waals surface area contributed by atoms with Crippen molar-refractivity contribution in [3.05, 3.63) is 57.6 Å². The van der Waals surface area contributed by atoms with Crippen LogP contribution in [0.3, 0.4) is 0 Å². The van der Waals surface area contributed by atoms with Crippen LogP contribution < -0.4 is 10.1 Å². The van der Waals surface area contributed by atoms with Crippen LogP contribution in [0.2, 0.25) is 0 Å². The molecule has 0 atom stereocenters. The third-order valence-corrected chi connectivity index (χ3v) is 3.45. The first-order valence-electron chi connectivity index (χ1n) is 7.41. The summed E-state index contributed by atoms with van der Waals surface area (Å²) in [5.74, 6) is -1.38. The van der Waals surface area contributed by atoms with E-state index in [1.807, 2.05) is 0 Å². The van der Waals surface area contributed by atoms with Crippen LogP contribution in [0.5, 0.6) is 11.5 Å². The second-order valence-corrected chi connectivity index (χ2v) is 5.27. The van der Waals surface area contributed by atoms with Crippen molar-refractivity contribution in [3.8, 4) is 11.5 Å². The van der Waals surface area contributed by atoms with E-state index in [1.54, 1.807) is 13.0 Å². The first kappa shape index (κ1) is 18.7. The van der Waals surface area contributed by atoms with Gasteiger partial charge in [0.05, 0.1) is 29.4 Å². The lowest BCUT2D eigenvalue weighted by atomic mass is 10.1. The average Bonchev–Trinajstić information content (AvgIpc) is 2.62. The Hall–Kier alpha value is -3.62. The summed E-state index contributed by atoms with van der Waals surface area (Å²) in [5.41, 5.74) is 0.718. The van der Waals surface area contributed by atoms with Gasteiger partial charge in [0.1, 0.15) is 11.5 Å². The molecule has 0 aliphatic rings. The number of carbonyl (C=O) groups is 2. The number of hydrogen-bond donors (Lipinski definition) is 2. The topological polar surface area (TPSA) is 128 Å². The van der Waals surface area contributed by atoms with Crippen molar-refractivity contribution in [1.29, 1.82) is 0 Å². The summed E-state index contributed by atoms with van der Waals surface area (Å²) in [7, 11) is 1.30. The summed E-state index contributed by atoms with van der Waals surface area (Å²) >= 11 is 0. The third-order valence-electron chi connectivity index (χ3n) is 3.45. The number of nitro groups is 1. The Morgan fingerprint density at radius 2 is 1.96 bits per heavy atom. The zero-order chi connectivity index (χ0) is 19.3. The maximum absolute atomic E-state index is 11.9. The third kappa shape index (κ3) is 4.47. The van der Waals surface area contributed by atoms with Crippen LogP contribution in [0.4, 0.5) is 11.4 Å². The molecular weight excluding hydrogens is 344 g/mol. The number of aryl methyl sites for hydroxylation is 1. The standard InChI is InChI=1S/C17H16N2O7/c1-10-3-4-11(7-14(10)20)17(22)26-9-16(21)18-13-6-5-12(19(23)24)8-15(13)25-2/h3-8,20H,9H2,1-2H3,(H,18,21). The number of phenolic OH excluding ortho intramolecular Hbond substituents is 1. The molecule has 1 amide bonds. The number of nitrogens with zero attached hydrogens (tertiary/aromatic N) is 1. The number of anilines is 1. The van der Waals surface area contributed by atoms with Crippen molar-refractivity contribution in [2.45, 2.75) is 6.92 Å². The van der Waals surface area contributed by atoms with E-state index in [0.717, 1.165) is 6.07 Å². The molecule has 0 bridgehead atoms. The normalized spacial score (nSPS) is 10.1. The van der Waals surface area contributed by atoms with Crippen molar-refractivity contribution in [3.63, 3.8) is 0 Å². The predicted molar refractivity (Wildman–Crippen MR) is 91.4 cm³/mol. The lowest BCUT2D eigenvalue weighted by Crippen LogP contribution is -2.21. The van der Waals surface area contributed by atoms with Gasteiger partial charge in [-0.15, -0.1) is 0 Å². The average molecular weight is 360 g/mol. The lowest BCUT2D eigenvalue weighted by molar-refractivity contribution is -0.384. The highest BCUT2D eigenvalue weighted by atomic mass is 16.6. The number of amides is 1. The summed E-state index contributed by atoms with van der Waals surface area (Å²) in [5, 5.41) is 22.8. The number of hydrogen-bond acceptors (Lipinski definition) is 7. The maximum Gasteiger partial charge on any atom is 0.338 e. The number of benzene rings is 2. The van der Waals surface area contributed by atoms with Crippen molar-refractivity contribution in [2.24, 2.45) is 0 Å². The molecule has 9 heteroatoms. The van der Waals surface area contributed by atoms with Crippen LogP contribution >= 0.6 is 0 Å². The van der Waals surface area contributed by atoms with Crippen LogP contribution in [0.15, 0.2) is 36.4 Å². The molecule has 2 aromatic rings. The highest BCUT2D eigenvalue weighted by Gasteiger charge is 2.15. The summed E-state index contributed by atoms with van der Waals surface area (Å²) in [6, 6.07) is 7.95. The summed E-state index contributed by atoms with van der Waals surface area (Å²) in [4.78, 5) is 34.0. The highest BCUT2D eigenvalue weighted by Crippen LogP contribution is 2.28. The molecule has 26 heavy (non-hydrogen) atoms. The molecule has 0 aliphatic heterocycles. The van der Waals surface area contributed by atoms with Gasteiger partial charge >= 0.3 is 5.97 Å². The van der Waals surface area contributed by atoms with Gasteiger partial charge in [0, 0.05) is 6.07 Å². The number of esters is 1. The molecule has 2 rings (SSSR count). The first-order chi connectivity index (χ1) is 12.3. The first-order valence-corrected chi connectivity index (χ1v) is 7.41. The number of aromatic hydroxyl groups is 1. The summed E-state index contributed by atoms with van der Waals surface area (Å²) in [6.45, 7) is 1.10. The van der Waals surface area contributed by atoms with Gasteiger partial charge in [0.2, 0.25) is 0 Å². The SMILES string of the molecule is COc1cc([N+](=O)[O-])ccc1NC(=O)COC(=O)c1ccc(C)c(O)c1. The molecule has 0 fully saturated rings. The van der Waals surface area contributed by atoms with Crippen molar-refractivity contribution in [2.75, 3.05) is 19.0 Å². The van der Waals surface area contributed by atoms with E-state index in [1.165, 1.54) is 31.4 Å². The smallest absolute Gasteiger partial charge is 0.338 e. The molecule has 136 valence electrons. The second-order valence-electron chi connectivity index (χ2n) is 5.27. The Morgan fingerprint density at radius 1 is 1.23 bits per heavy atom. The van der Waals surface area contributed by atoms with Crippen molar-refractivity contribution >= 4 is 23.3 Å². The Bertz CT molecular complexity index is 864. The Kier molecular flexibility index (Phi) is 5.74. The zero-order valence-electron chi connectivity index (χ0n) is 14.0. The molecule has 0 saturated heterocycles. The van der Waals surface area contributed by atoms with Crippen LogP contribution in [-0.4, -0.2) is 35.6 Å². The van der Waals surface area contributed by atoms with Crippen LogP contribution in [0, 0.1) is 17.0 Å². The molecule has 0 saturated carbocycles. The largest absolute Gasteiger partial charge is 0.508 e. The quantitative estimate of drug-likeness (QED) is 0.460. The molecular formula is C17H16N2O7. The van der Waals surface area contributed by atoms with Gasteiger partial charge in [-0.1, -0.05) is 6.07 Å². The summed E-state index contributed by atoms with van der Waals surface area (Å²) < 4.78 is 9.88. The second kappa shape index (κ2) is 7.97. The van der Waals surface area contributed by atoms with E-state index in [4.69, 9.17) is 9.47 Å². The lowest BCUT2D eigenvalue weighted by Gasteiger charge is -2.10. The molecule has 9 nitrogen and oxygen atoms in total. The van der Waals surface area contributed by atoms with Gasteiger partial charge in [-0.25, -0.2) is 4.79 Å². The molecule has 0 aromatic heterocycles. The van der Waals surface area contributed by atoms with Gasteiger partial charge < -0.3 is 19.9 Å². The van der Waals surface area contributed by atoms with Gasteiger partial charge in [0.15, 0.2) is 6.61 Å². The molecule has 0 spiro atoms. The Morgan fingerprint density at radius 3 is 2.58 bits per heavy atom. The van der Waals surface area contributed by atoms with Gasteiger partial charge in [-0.3, -0.25) is 14.9 Å². The fraction of sp³-hybridized carbons (Fsp3) is 0.176. The molecule has 0 heterocycles. The molecule has 2 N–H and O–H groups in total. The minimum Gasteiger partial charge on any atom is -0.508 e. The number of rotatable bonds is 6. The number of phenols is 1. The Balaban J connectivity index is 1.99. The van der Waals surface area contributed by atoms with Crippen LogP contribution in [0.1, 0.15) is 15.9 Å². The number of ether oxygens (including phenoxy) is 2. The molecule has 0 aliphatic carbocycles. The molecule has 2 aromatic carbocycles. The van der Waals surface area contributed by atoms with Crippen LogP contribution in [-0.2, 0) is 9.53 Å². The van der Waals surface area contributed by atoms with E-state index < -0.39 is 23.4 Å². The molecule has 0 radical (unpaired) electrons. The number of methoxy groups -OCH3 is 1.